The van der Waals surface area contributed by atoms with Crippen LogP contribution >= 0.6 is 0 Å². The van der Waals surface area contributed by atoms with Gasteiger partial charge >= 0.3 is 0 Å². The Kier molecular flexibility index (Phi) is 4.77. The molecule has 0 bridgehead atoms. The molecule has 2 heterocycles. The van der Waals surface area contributed by atoms with Gasteiger partial charge in [0, 0.05) is 19.2 Å². The number of rotatable bonds is 4. The molecular weight excluding hydrogens is 310 g/mol. The van der Waals surface area contributed by atoms with Crippen LogP contribution in [-0.4, -0.2) is 48.3 Å². The number of nitrogens with zero attached hydrogens (tertiary/aromatic N) is 5. The van der Waals surface area contributed by atoms with E-state index in [1.165, 1.54) is 0 Å². The van der Waals surface area contributed by atoms with E-state index in [0.29, 0.717) is 18.9 Å². The van der Waals surface area contributed by atoms with Crippen LogP contribution in [0.4, 0.5) is 11.4 Å². The molecule has 1 aromatic rings. The number of anilines is 1. The van der Waals surface area contributed by atoms with Gasteiger partial charge in [-0.25, -0.2) is 5.01 Å². The minimum absolute atomic E-state index is 0.0241. The summed E-state index contributed by atoms with van der Waals surface area (Å²) in [6.07, 6.45) is -0.115. The second-order valence-corrected chi connectivity index (χ2v) is 6.60. The van der Waals surface area contributed by atoms with Gasteiger partial charge in [-0.3, -0.25) is 15.0 Å². The van der Waals surface area contributed by atoms with Gasteiger partial charge in [0.15, 0.2) is 0 Å². The molecule has 8 nitrogen and oxygen atoms in total. The van der Waals surface area contributed by atoms with Crippen LogP contribution in [0.2, 0.25) is 0 Å². The maximum atomic E-state index is 11.5. The first-order chi connectivity index (χ1) is 11.5. The maximum absolute atomic E-state index is 11.5. The standard InChI is InChI=1S/C16H23N5O3/c1-11(2)15-16(19-6-8-24-9-7-19)20(18-17-15)13-5-4-12(3)10-14(13)21(22)23/h4-5,10-11,15-16H,6-9H2,1-3H3. The van der Waals surface area contributed by atoms with Crippen LogP contribution < -0.4 is 5.01 Å². The van der Waals surface area contributed by atoms with Crippen molar-refractivity contribution in [2.45, 2.75) is 33.0 Å². The lowest BCUT2D eigenvalue weighted by Gasteiger charge is -2.38. The summed E-state index contributed by atoms with van der Waals surface area (Å²) in [7, 11) is 0. The van der Waals surface area contributed by atoms with Crippen molar-refractivity contribution in [2.24, 2.45) is 16.3 Å². The highest BCUT2D eigenvalue weighted by Crippen LogP contribution is 2.37. The quantitative estimate of drug-likeness (QED) is 0.625. The van der Waals surface area contributed by atoms with Gasteiger partial charge < -0.3 is 4.74 Å². The smallest absolute Gasteiger partial charge is 0.294 e. The molecule has 130 valence electrons. The van der Waals surface area contributed by atoms with E-state index < -0.39 is 0 Å². The van der Waals surface area contributed by atoms with E-state index in [1.54, 1.807) is 17.1 Å². The lowest BCUT2D eigenvalue weighted by atomic mass is 10.0. The first kappa shape index (κ1) is 16.8. The molecule has 1 saturated heterocycles. The molecule has 0 spiro atoms. The first-order valence-corrected chi connectivity index (χ1v) is 8.26. The molecule has 2 aliphatic rings. The normalized spacial score (nSPS) is 24.8. The third-order valence-corrected chi connectivity index (χ3v) is 4.51. The van der Waals surface area contributed by atoms with Crippen LogP contribution in [0.15, 0.2) is 28.5 Å². The number of nitro benzene ring substituents is 1. The van der Waals surface area contributed by atoms with E-state index in [1.807, 2.05) is 13.0 Å². The number of nitro groups is 1. The van der Waals surface area contributed by atoms with Crippen LogP contribution in [0, 0.1) is 23.0 Å². The lowest BCUT2D eigenvalue weighted by molar-refractivity contribution is -0.384. The molecule has 3 rings (SSSR count). The Labute approximate surface area is 141 Å². The van der Waals surface area contributed by atoms with Crippen LogP contribution in [0.25, 0.3) is 0 Å². The van der Waals surface area contributed by atoms with Crippen molar-refractivity contribution in [3.8, 4) is 0 Å². The van der Waals surface area contributed by atoms with Gasteiger partial charge in [0.25, 0.3) is 5.69 Å². The van der Waals surface area contributed by atoms with E-state index in [9.17, 15) is 10.1 Å². The summed E-state index contributed by atoms with van der Waals surface area (Å²) in [6, 6.07) is 5.20. The van der Waals surface area contributed by atoms with E-state index in [-0.39, 0.29) is 28.7 Å². The minimum Gasteiger partial charge on any atom is -0.379 e. The fourth-order valence-electron chi connectivity index (χ4n) is 3.23. The van der Waals surface area contributed by atoms with Crippen LogP contribution in [0.3, 0.4) is 0 Å². The largest absolute Gasteiger partial charge is 0.379 e. The molecule has 1 fully saturated rings. The Balaban J connectivity index is 1.99. The summed E-state index contributed by atoms with van der Waals surface area (Å²) in [5.41, 5.74) is 1.41. The van der Waals surface area contributed by atoms with Crippen molar-refractivity contribution in [1.82, 2.24) is 4.90 Å². The van der Waals surface area contributed by atoms with Crippen LogP contribution in [0.1, 0.15) is 19.4 Å². The minimum atomic E-state index is -0.350. The predicted molar refractivity (Wildman–Crippen MR) is 90.0 cm³/mol. The van der Waals surface area contributed by atoms with Crippen LogP contribution in [-0.2, 0) is 4.74 Å². The third kappa shape index (κ3) is 3.11. The summed E-state index contributed by atoms with van der Waals surface area (Å²) in [5.74, 6) is 0.288. The molecule has 24 heavy (non-hydrogen) atoms. The Morgan fingerprint density at radius 2 is 2.04 bits per heavy atom. The highest BCUT2D eigenvalue weighted by atomic mass is 16.6. The molecule has 2 aliphatic heterocycles. The predicted octanol–water partition coefficient (Wildman–Crippen LogP) is 2.77. The molecular formula is C16H23N5O3. The molecule has 0 saturated carbocycles. The van der Waals surface area contributed by atoms with Gasteiger partial charge in [0.05, 0.1) is 18.1 Å². The Hall–Kier alpha value is -2.06. The van der Waals surface area contributed by atoms with E-state index in [2.05, 4.69) is 29.1 Å². The summed E-state index contributed by atoms with van der Waals surface area (Å²) in [4.78, 5) is 13.4. The molecule has 0 amide bonds. The second kappa shape index (κ2) is 6.82. The van der Waals surface area contributed by atoms with Gasteiger partial charge in [-0.1, -0.05) is 25.1 Å². The number of benzene rings is 1. The summed E-state index contributed by atoms with van der Waals surface area (Å²) >= 11 is 0. The van der Waals surface area contributed by atoms with Gasteiger partial charge in [-0.05, 0) is 24.5 Å². The van der Waals surface area contributed by atoms with E-state index >= 15 is 0 Å². The van der Waals surface area contributed by atoms with Gasteiger partial charge in [0.1, 0.15) is 17.9 Å². The number of hydrogen-bond acceptors (Lipinski definition) is 7. The molecule has 8 heteroatoms. The van der Waals surface area contributed by atoms with Crippen molar-refractivity contribution in [3.63, 3.8) is 0 Å². The van der Waals surface area contributed by atoms with Crippen molar-refractivity contribution < 1.29 is 9.66 Å². The Morgan fingerprint density at radius 1 is 1.33 bits per heavy atom. The summed E-state index contributed by atoms with van der Waals surface area (Å²) < 4.78 is 5.44. The van der Waals surface area contributed by atoms with Crippen molar-refractivity contribution in [1.29, 1.82) is 0 Å². The zero-order valence-electron chi connectivity index (χ0n) is 14.3. The fraction of sp³-hybridized carbons (Fsp3) is 0.625. The molecule has 0 aliphatic carbocycles. The van der Waals surface area contributed by atoms with Crippen molar-refractivity contribution >= 4 is 11.4 Å². The molecule has 0 radical (unpaired) electrons. The highest BCUT2D eigenvalue weighted by Gasteiger charge is 2.42. The topological polar surface area (TPSA) is 83.6 Å². The summed E-state index contributed by atoms with van der Waals surface area (Å²) in [6.45, 7) is 8.91. The lowest BCUT2D eigenvalue weighted by Crippen LogP contribution is -2.55. The number of hydrogen-bond donors (Lipinski definition) is 0. The first-order valence-electron chi connectivity index (χ1n) is 8.26. The molecule has 0 N–H and O–H groups in total. The molecule has 2 atom stereocenters. The third-order valence-electron chi connectivity index (χ3n) is 4.51. The molecule has 2 unspecified atom stereocenters. The number of morpholine rings is 1. The zero-order chi connectivity index (χ0) is 17.3. The van der Waals surface area contributed by atoms with E-state index in [4.69, 9.17) is 4.74 Å². The van der Waals surface area contributed by atoms with Gasteiger partial charge in [-0.2, -0.15) is 5.11 Å². The SMILES string of the molecule is Cc1ccc(N2N=NC(C(C)C)C2N2CCOCC2)c([N+](=O)[O-])c1. The maximum Gasteiger partial charge on any atom is 0.294 e. The monoisotopic (exact) mass is 333 g/mol. The van der Waals surface area contributed by atoms with Gasteiger partial charge in [-0.15, -0.1) is 0 Å². The number of ether oxygens (including phenoxy) is 1. The average molecular weight is 333 g/mol. The highest BCUT2D eigenvalue weighted by molar-refractivity contribution is 5.64. The molecule has 0 aromatic heterocycles. The second-order valence-electron chi connectivity index (χ2n) is 6.60. The zero-order valence-corrected chi connectivity index (χ0v) is 14.3. The number of aryl methyl sites for hydroxylation is 1. The van der Waals surface area contributed by atoms with Crippen molar-refractivity contribution in [2.75, 3.05) is 31.3 Å². The summed E-state index contributed by atoms with van der Waals surface area (Å²) in [5, 5.41) is 21.9. The van der Waals surface area contributed by atoms with Crippen molar-refractivity contribution in [3.05, 3.63) is 33.9 Å². The Bertz CT molecular complexity index is 643. The van der Waals surface area contributed by atoms with Crippen LogP contribution in [0.5, 0.6) is 0 Å². The van der Waals surface area contributed by atoms with E-state index in [0.717, 1.165) is 18.7 Å². The Morgan fingerprint density at radius 3 is 2.67 bits per heavy atom. The van der Waals surface area contributed by atoms with Gasteiger partial charge in [0.2, 0.25) is 0 Å². The molecule has 1 aromatic carbocycles. The average Bonchev–Trinajstić information content (AvgIpc) is 3.00. The fourth-order valence-corrected chi connectivity index (χ4v) is 3.23.